The van der Waals surface area contributed by atoms with Gasteiger partial charge in [0, 0.05) is 11.6 Å². The molecule has 0 aliphatic heterocycles. The van der Waals surface area contributed by atoms with Gasteiger partial charge in [-0.15, -0.1) is 0 Å². The van der Waals surface area contributed by atoms with Crippen molar-refractivity contribution in [2.75, 3.05) is 6.54 Å². The average Bonchev–Trinajstić information content (AvgIpc) is 2.09. The summed E-state index contributed by atoms with van der Waals surface area (Å²) in [5.74, 6) is 0. The maximum Gasteiger partial charge on any atom is 0.0450 e. The lowest BCUT2D eigenvalue weighted by Gasteiger charge is -2.04. The van der Waals surface area contributed by atoms with E-state index in [1.807, 2.05) is 24.3 Å². The zero-order chi connectivity index (χ0) is 8.81. The fourth-order valence-electron chi connectivity index (χ4n) is 1.04. The van der Waals surface area contributed by atoms with Crippen molar-refractivity contribution in [3.63, 3.8) is 0 Å². The van der Waals surface area contributed by atoms with E-state index in [9.17, 15) is 0 Å². The van der Waals surface area contributed by atoms with Crippen LogP contribution in [0.25, 0.3) is 0 Å². The molecule has 2 heteroatoms. The first kappa shape index (κ1) is 9.56. The minimum atomic E-state index is 0.848. The molecular formula is C10H14ClN. The van der Waals surface area contributed by atoms with Crippen molar-refractivity contribution in [2.24, 2.45) is 0 Å². The first-order valence-electron chi connectivity index (χ1n) is 4.28. The molecule has 0 amide bonds. The van der Waals surface area contributed by atoms with Crippen LogP contribution in [0.3, 0.4) is 0 Å². The molecule has 0 aromatic heterocycles. The van der Waals surface area contributed by atoms with Crippen LogP contribution in [-0.4, -0.2) is 6.54 Å². The zero-order valence-electron chi connectivity index (χ0n) is 7.31. The number of rotatable bonds is 4. The highest BCUT2D eigenvalue weighted by Gasteiger charge is 1.96. The summed E-state index contributed by atoms with van der Waals surface area (Å²) in [5, 5.41) is 4.16. The van der Waals surface area contributed by atoms with Gasteiger partial charge >= 0.3 is 0 Å². The normalized spacial score (nSPS) is 10.2. The maximum absolute atomic E-state index is 5.96. The Hall–Kier alpha value is -0.530. The van der Waals surface area contributed by atoms with E-state index in [0.29, 0.717) is 0 Å². The number of hydrogen-bond donors (Lipinski definition) is 1. The summed E-state index contributed by atoms with van der Waals surface area (Å²) < 4.78 is 0. The molecule has 0 heterocycles. The SMILES string of the molecule is CCCNCc1ccccc1Cl. The predicted molar refractivity (Wildman–Crippen MR) is 53.4 cm³/mol. The Labute approximate surface area is 78.7 Å². The van der Waals surface area contributed by atoms with Crippen LogP contribution in [0.1, 0.15) is 18.9 Å². The van der Waals surface area contributed by atoms with Crippen LogP contribution in [0, 0.1) is 0 Å². The largest absolute Gasteiger partial charge is 0.313 e. The van der Waals surface area contributed by atoms with Crippen molar-refractivity contribution in [3.8, 4) is 0 Å². The molecule has 1 aromatic carbocycles. The van der Waals surface area contributed by atoms with Gasteiger partial charge in [0.25, 0.3) is 0 Å². The molecule has 0 bridgehead atoms. The van der Waals surface area contributed by atoms with Crippen LogP contribution >= 0.6 is 11.6 Å². The van der Waals surface area contributed by atoms with E-state index < -0.39 is 0 Å². The standard InChI is InChI=1S/C10H14ClN/c1-2-7-12-8-9-5-3-4-6-10(9)11/h3-6,12H,2,7-8H2,1H3. The molecule has 0 fully saturated rings. The molecule has 1 nitrogen and oxygen atoms in total. The second-order valence-corrected chi connectivity index (χ2v) is 3.18. The van der Waals surface area contributed by atoms with E-state index in [2.05, 4.69) is 12.2 Å². The minimum Gasteiger partial charge on any atom is -0.313 e. The lowest BCUT2D eigenvalue weighted by Crippen LogP contribution is -2.13. The molecule has 1 rings (SSSR count). The molecule has 0 radical (unpaired) electrons. The first-order valence-corrected chi connectivity index (χ1v) is 4.66. The van der Waals surface area contributed by atoms with Gasteiger partial charge in [0.2, 0.25) is 0 Å². The Morgan fingerprint density at radius 2 is 2.08 bits per heavy atom. The number of hydrogen-bond acceptors (Lipinski definition) is 1. The van der Waals surface area contributed by atoms with Crippen LogP contribution in [0.2, 0.25) is 5.02 Å². The van der Waals surface area contributed by atoms with Crippen LogP contribution in [0.15, 0.2) is 24.3 Å². The lowest BCUT2D eigenvalue weighted by atomic mass is 10.2. The Bertz CT molecular complexity index is 235. The van der Waals surface area contributed by atoms with Crippen molar-refractivity contribution in [1.82, 2.24) is 5.32 Å². The van der Waals surface area contributed by atoms with Gasteiger partial charge in [0.1, 0.15) is 0 Å². The third-order valence-corrected chi connectivity index (χ3v) is 2.07. The maximum atomic E-state index is 5.96. The van der Waals surface area contributed by atoms with Crippen molar-refractivity contribution in [3.05, 3.63) is 34.9 Å². The van der Waals surface area contributed by atoms with E-state index >= 15 is 0 Å². The molecule has 0 saturated carbocycles. The van der Waals surface area contributed by atoms with Gasteiger partial charge < -0.3 is 5.32 Å². The van der Waals surface area contributed by atoms with Crippen LogP contribution in [-0.2, 0) is 6.54 Å². The van der Waals surface area contributed by atoms with E-state index in [4.69, 9.17) is 11.6 Å². The first-order chi connectivity index (χ1) is 5.84. The van der Waals surface area contributed by atoms with Gasteiger partial charge in [0.15, 0.2) is 0 Å². The zero-order valence-corrected chi connectivity index (χ0v) is 8.06. The topological polar surface area (TPSA) is 12.0 Å². The second kappa shape index (κ2) is 5.18. The summed E-state index contributed by atoms with van der Waals surface area (Å²) in [6.07, 6.45) is 1.16. The summed E-state index contributed by atoms with van der Waals surface area (Å²) in [5.41, 5.74) is 1.17. The molecule has 0 aliphatic rings. The highest BCUT2D eigenvalue weighted by molar-refractivity contribution is 6.31. The molecule has 0 saturated heterocycles. The van der Waals surface area contributed by atoms with Crippen molar-refractivity contribution in [2.45, 2.75) is 19.9 Å². The smallest absolute Gasteiger partial charge is 0.0450 e. The third kappa shape index (κ3) is 2.84. The summed E-state index contributed by atoms with van der Waals surface area (Å²) in [6.45, 7) is 4.07. The third-order valence-electron chi connectivity index (χ3n) is 1.70. The highest BCUT2D eigenvalue weighted by Crippen LogP contribution is 2.13. The highest BCUT2D eigenvalue weighted by atomic mass is 35.5. The van der Waals surface area contributed by atoms with Crippen LogP contribution in [0.5, 0.6) is 0 Å². The average molecular weight is 184 g/mol. The quantitative estimate of drug-likeness (QED) is 0.708. The predicted octanol–water partition coefficient (Wildman–Crippen LogP) is 2.84. The van der Waals surface area contributed by atoms with Gasteiger partial charge in [-0.2, -0.15) is 0 Å². The summed E-state index contributed by atoms with van der Waals surface area (Å²) in [4.78, 5) is 0. The van der Waals surface area contributed by atoms with Crippen molar-refractivity contribution in [1.29, 1.82) is 0 Å². The van der Waals surface area contributed by atoms with Gasteiger partial charge in [-0.05, 0) is 24.6 Å². The van der Waals surface area contributed by atoms with Crippen molar-refractivity contribution >= 4 is 11.6 Å². The molecule has 1 aromatic rings. The Kier molecular flexibility index (Phi) is 4.12. The molecule has 12 heavy (non-hydrogen) atoms. The number of benzene rings is 1. The summed E-state index contributed by atoms with van der Waals surface area (Å²) >= 11 is 5.96. The second-order valence-electron chi connectivity index (χ2n) is 2.77. The lowest BCUT2D eigenvalue weighted by molar-refractivity contribution is 0.675. The van der Waals surface area contributed by atoms with E-state index in [1.54, 1.807) is 0 Å². The van der Waals surface area contributed by atoms with E-state index in [0.717, 1.165) is 24.5 Å². The van der Waals surface area contributed by atoms with Crippen molar-refractivity contribution < 1.29 is 0 Å². The minimum absolute atomic E-state index is 0.848. The fourth-order valence-corrected chi connectivity index (χ4v) is 1.24. The van der Waals surface area contributed by atoms with Gasteiger partial charge in [-0.25, -0.2) is 0 Å². The Morgan fingerprint density at radius 1 is 1.33 bits per heavy atom. The monoisotopic (exact) mass is 183 g/mol. The summed E-state index contributed by atoms with van der Waals surface area (Å²) in [6, 6.07) is 7.93. The van der Waals surface area contributed by atoms with Gasteiger partial charge in [-0.1, -0.05) is 36.7 Å². The molecule has 1 N–H and O–H groups in total. The Balaban J connectivity index is 2.46. The molecule has 0 atom stereocenters. The van der Waals surface area contributed by atoms with E-state index in [-0.39, 0.29) is 0 Å². The number of halogens is 1. The van der Waals surface area contributed by atoms with Gasteiger partial charge in [-0.3, -0.25) is 0 Å². The Morgan fingerprint density at radius 3 is 2.75 bits per heavy atom. The fraction of sp³-hybridized carbons (Fsp3) is 0.400. The molecular weight excluding hydrogens is 170 g/mol. The molecule has 0 aliphatic carbocycles. The summed E-state index contributed by atoms with van der Waals surface area (Å²) in [7, 11) is 0. The van der Waals surface area contributed by atoms with Crippen LogP contribution in [0.4, 0.5) is 0 Å². The molecule has 0 unspecified atom stereocenters. The molecule has 66 valence electrons. The van der Waals surface area contributed by atoms with Gasteiger partial charge in [0.05, 0.1) is 0 Å². The van der Waals surface area contributed by atoms with E-state index in [1.165, 1.54) is 5.56 Å². The van der Waals surface area contributed by atoms with Crippen LogP contribution < -0.4 is 5.32 Å². The number of nitrogens with one attached hydrogen (secondary N) is 1. The molecule has 0 spiro atoms.